The van der Waals surface area contributed by atoms with Crippen molar-refractivity contribution in [1.29, 1.82) is 0 Å². The molecule has 9 heteroatoms. The van der Waals surface area contributed by atoms with Gasteiger partial charge >= 0.3 is 0 Å². The maximum atomic E-state index is 12.5. The lowest BCUT2D eigenvalue weighted by Crippen LogP contribution is -2.24. The number of benzene rings is 2. The monoisotopic (exact) mass is 409 g/mol. The highest BCUT2D eigenvalue weighted by molar-refractivity contribution is 7.98. The Morgan fingerprint density at radius 2 is 1.97 bits per heavy atom. The molecule has 0 radical (unpaired) electrons. The van der Waals surface area contributed by atoms with Crippen LogP contribution in [0.25, 0.3) is 0 Å². The Morgan fingerprint density at radius 3 is 2.76 bits per heavy atom. The Morgan fingerprint density at radius 1 is 1.21 bits per heavy atom. The number of hydrogen-bond donors (Lipinski definition) is 2. The Kier molecular flexibility index (Phi) is 5.48. The van der Waals surface area contributed by atoms with Crippen molar-refractivity contribution in [3.63, 3.8) is 0 Å². The van der Waals surface area contributed by atoms with Gasteiger partial charge in [0.15, 0.2) is 0 Å². The lowest BCUT2D eigenvalue weighted by Gasteiger charge is -2.12. The molecule has 3 aromatic rings. The van der Waals surface area contributed by atoms with Crippen molar-refractivity contribution in [2.45, 2.75) is 23.4 Å². The zero-order valence-corrected chi connectivity index (χ0v) is 16.5. The Hall–Kier alpha value is -3.33. The normalized spacial score (nSPS) is 14.9. The molecule has 4 rings (SSSR count). The molecule has 1 aromatic heterocycles. The number of hydrogen-bond acceptors (Lipinski definition) is 6. The first-order chi connectivity index (χ1) is 14.1. The summed E-state index contributed by atoms with van der Waals surface area (Å²) in [6.45, 7) is 0. The summed E-state index contributed by atoms with van der Waals surface area (Å²) in [5.41, 5.74) is 1.71. The van der Waals surface area contributed by atoms with Crippen LogP contribution in [-0.4, -0.2) is 33.7 Å². The van der Waals surface area contributed by atoms with Crippen LogP contribution in [0.2, 0.25) is 0 Å². The van der Waals surface area contributed by atoms with Crippen LogP contribution < -0.4 is 15.4 Å². The number of fused-ring (bicyclic) bond motifs is 1. The smallest absolute Gasteiger partial charge is 0.252 e. The van der Waals surface area contributed by atoms with Gasteiger partial charge in [0, 0.05) is 5.75 Å². The highest BCUT2D eigenvalue weighted by Crippen LogP contribution is 2.30. The van der Waals surface area contributed by atoms with Gasteiger partial charge in [-0.3, -0.25) is 14.9 Å². The summed E-state index contributed by atoms with van der Waals surface area (Å²) in [4.78, 5) is 29.1. The van der Waals surface area contributed by atoms with Crippen LogP contribution in [0.15, 0.2) is 59.8 Å². The van der Waals surface area contributed by atoms with Crippen LogP contribution in [0.3, 0.4) is 0 Å². The zero-order chi connectivity index (χ0) is 20.2. The molecule has 0 bridgehead atoms. The molecule has 0 spiro atoms. The van der Waals surface area contributed by atoms with Crippen molar-refractivity contribution in [3.8, 4) is 5.75 Å². The maximum absolute atomic E-state index is 12.5. The first kappa shape index (κ1) is 19.0. The van der Waals surface area contributed by atoms with Gasteiger partial charge in [-0.2, -0.15) is 4.98 Å². The number of rotatable bonds is 7. The number of carbonyl (C=O) groups is 2. The lowest BCUT2D eigenvalue weighted by atomic mass is 10.2. The highest BCUT2D eigenvalue weighted by atomic mass is 32.2. The van der Waals surface area contributed by atoms with Crippen LogP contribution in [0, 0.1) is 0 Å². The van der Waals surface area contributed by atoms with Gasteiger partial charge in [0.2, 0.25) is 17.0 Å². The van der Waals surface area contributed by atoms with Gasteiger partial charge in [-0.1, -0.05) is 54.2 Å². The van der Waals surface area contributed by atoms with Gasteiger partial charge in [-0.25, -0.2) is 4.68 Å². The summed E-state index contributed by atoms with van der Waals surface area (Å²) in [6, 6.07) is 16.4. The minimum absolute atomic E-state index is 0.0525. The average Bonchev–Trinajstić information content (AvgIpc) is 3.25. The van der Waals surface area contributed by atoms with Crippen LogP contribution in [0.5, 0.6) is 5.75 Å². The molecule has 148 valence electrons. The summed E-state index contributed by atoms with van der Waals surface area (Å²) in [7, 11) is 1.53. The zero-order valence-electron chi connectivity index (χ0n) is 15.7. The van der Waals surface area contributed by atoms with Crippen LogP contribution >= 0.6 is 11.8 Å². The Labute approximate surface area is 171 Å². The number of anilines is 2. The first-order valence-corrected chi connectivity index (χ1v) is 9.99. The molecule has 29 heavy (non-hydrogen) atoms. The molecule has 0 aliphatic carbocycles. The van der Waals surface area contributed by atoms with Gasteiger partial charge < -0.3 is 10.1 Å². The quantitative estimate of drug-likeness (QED) is 0.582. The van der Waals surface area contributed by atoms with E-state index in [1.807, 2.05) is 36.4 Å². The summed E-state index contributed by atoms with van der Waals surface area (Å²) < 4.78 is 6.72. The molecule has 0 fully saturated rings. The number of para-hydroxylation sites is 2. The van der Waals surface area contributed by atoms with Gasteiger partial charge in [0.25, 0.3) is 5.91 Å². The Bertz CT molecular complexity index is 1040. The number of carbonyl (C=O) groups excluding carboxylic acids is 2. The average molecular weight is 409 g/mol. The van der Waals surface area contributed by atoms with Crippen molar-refractivity contribution in [2.24, 2.45) is 0 Å². The van der Waals surface area contributed by atoms with Gasteiger partial charge in [-0.15, -0.1) is 5.10 Å². The largest absolute Gasteiger partial charge is 0.495 e. The van der Waals surface area contributed by atoms with Crippen molar-refractivity contribution >= 4 is 35.2 Å². The molecule has 1 atom stereocenters. The molecule has 2 amide bonds. The molecule has 2 heterocycles. The molecular formula is C20H19N5O3S. The van der Waals surface area contributed by atoms with E-state index in [0.29, 0.717) is 22.5 Å². The fraction of sp³-hybridized carbons (Fsp3) is 0.200. The van der Waals surface area contributed by atoms with Crippen molar-refractivity contribution in [2.75, 3.05) is 17.7 Å². The minimum atomic E-state index is -0.738. The predicted octanol–water partition coefficient (Wildman–Crippen LogP) is 3.10. The van der Waals surface area contributed by atoms with Crippen LogP contribution in [0.4, 0.5) is 11.6 Å². The van der Waals surface area contributed by atoms with E-state index in [1.54, 1.807) is 18.2 Å². The second-order valence-electron chi connectivity index (χ2n) is 6.39. The van der Waals surface area contributed by atoms with E-state index < -0.39 is 6.04 Å². The maximum Gasteiger partial charge on any atom is 0.252 e. The molecule has 0 saturated heterocycles. The van der Waals surface area contributed by atoms with Crippen LogP contribution in [0.1, 0.15) is 18.0 Å². The molecule has 1 aliphatic rings. The van der Waals surface area contributed by atoms with E-state index in [0.717, 1.165) is 11.3 Å². The molecule has 0 unspecified atom stereocenters. The summed E-state index contributed by atoms with van der Waals surface area (Å²) in [5, 5.41) is 10.4. The van der Waals surface area contributed by atoms with Gasteiger partial charge in [0.05, 0.1) is 19.2 Å². The predicted molar refractivity (Wildman–Crippen MR) is 110 cm³/mol. The number of nitrogens with zero attached hydrogens (tertiary/aromatic N) is 3. The Balaban J connectivity index is 1.42. The topological polar surface area (TPSA) is 98.1 Å². The van der Waals surface area contributed by atoms with E-state index in [1.165, 1.54) is 23.6 Å². The first-order valence-electron chi connectivity index (χ1n) is 9.01. The fourth-order valence-electron chi connectivity index (χ4n) is 3.00. The van der Waals surface area contributed by atoms with E-state index in [4.69, 9.17) is 4.74 Å². The van der Waals surface area contributed by atoms with E-state index in [9.17, 15) is 9.59 Å². The SMILES string of the molecule is COc1ccccc1NC(=O)C[C@@H]1C(=O)Nc2nc(SCc3ccccc3)nn21. The van der Waals surface area contributed by atoms with E-state index in [-0.39, 0.29) is 18.2 Å². The van der Waals surface area contributed by atoms with Crippen molar-refractivity contribution in [3.05, 3.63) is 60.2 Å². The minimum Gasteiger partial charge on any atom is -0.495 e. The molecular weight excluding hydrogens is 390 g/mol. The molecule has 8 nitrogen and oxygen atoms in total. The lowest BCUT2D eigenvalue weighted by molar-refractivity contribution is -0.123. The number of methoxy groups -OCH3 is 1. The number of nitrogens with one attached hydrogen (secondary N) is 2. The van der Waals surface area contributed by atoms with Gasteiger partial charge in [0.1, 0.15) is 11.8 Å². The second-order valence-corrected chi connectivity index (χ2v) is 7.34. The molecule has 1 aliphatic heterocycles. The van der Waals surface area contributed by atoms with E-state index >= 15 is 0 Å². The summed E-state index contributed by atoms with van der Waals surface area (Å²) >= 11 is 1.48. The second kappa shape index (κ2) is 8.36. The summed E-state index contributed by atoms with van der Waals surface area (Å²) in [5.74, 6) is 1.03. The van der Waals surface area contributed by atoms with Crippen LogP contribution in [-0.2, 0) is 15.3 Å². The molecule has 2 aromatic carbocycles. The standard InChI is InChI=1S/C20H19N5O3S/c1-28-16-10-6-5-9-14(16)21-17(26)11-15-18(27)22-19-23-20(24-25(15)19)29-12-13-7-3-2-4-8-13/h2-10,15H,11-12H2,1H3,(H,21,26)(H,22,23,24,27)/t15-/m1/s1. The van der Waals surface area contributed by atoms with Gasteiger partial charge in [-0.05, 0) is 17.7 Å². The van der Waals surface area contributed by atoms with Crippen molar-refractivity contribution in [1.82, 2.24) is 14.8 Å². The fourth-order valence-corrected chi connectivity index (χ4v) is 3.78. The summed E-state index contributed by atoms with van der Waals surface area (Å²) in [6.07, 6.45) is -0.0525. The van der Waals surface area contributed by atoms with E-state index in [2.05, 4.69) is 20.7 Å². The third kappa shape index (κ3) is 4.24. The third-order valence-electron chi connectivity index (χ3n) is 4.42. The third-order valence-corrected chi connectivity index (χ3v) is 5.32. The highest BCUT2D eigenvalue weighted by Gasteiger charge is 2.35. The number of thioether (sulfide) groups is 1. The van der Waals surface area contributed by atoms with Crippen molar-refractivity contribution < 1.29 is 14.3 Å². The molecule has 2 N–H and O–H groups in total. The molecule has 0 saturated carbocycles. The number of aromatic nitrogens is 3. The number of amides is 2. The number of ether oxygens (including phenoxy) is 1.